The Morgan fingerprint density at radius 2 is 1.69 bits per heavy atom. The zero-order valence-corrected chi connectivity index (χ0v) is 16.2. The quantitative estimate of drug-likeness (QED) is 0.658. The van der Waals surface area contributed by atoms with Crippen molar-refractivity contribution in [2.24, 2.45) is 5.41 Å². The highest BCUT2D eigenvalue weighted by atomic mass is 16.5. The Morgan fingerprint density at radius 1 is 1.00 bits per heavy atom. The summed E-state index contributed by atoms with van der Waals surface area (Å²) in [6.45, 7) is 3.70. The molecule has 0 unspecified atom stereocenters. The SMILES string of the molecule is COc1ccc(N2CC3(CN(C(=O)Cc4ccc(-n5cnnn5)cc4)C3)C2)cc1. The number of tetrazole rings is 1. The lowest BCUT2D eigenvalue weighted by Crippen LogP contribution is -2.73. The van der Waals surface area contributed by atoms with Crippen LogP contribution in [0.25, 0.3) is 5.69 Å². The highest BCUT2D eigenvalue weighted by Crippen LogP contribution is 2.42. The molecule has 2 aliphatic heterocycles. The van der Waals surface area contributed by atoms with Crippen molar-refractivity contribution in [3.05, 3.63) is 60.4 Å². The van der Waals surface area contributed by atoms with Gasteiger partial charge in [0.2, 0.25) is 5.91 Å². The van der Waals surface area contributed by atoms with Crippen molar-refractivity contribution in [2.45, 2.75) is 6.42 Å². The molecule has 8 nitrogen and oxygen atoms in total. The molecule has 3 heterocycles. The molecule has 0 aliphatic carbocycles. The number of ether oxygens (including phenoxy) is 1. The predicted octanol–water partition coefficient (Wildman–Crippen LogP) is 1.56. The van der Waals surface area contributed by atoms with Crippen LogP contribution in [0.1, 0.15) is 5.56 Å². The minimum atomic E-state index is 0.189. The van der Waals surface area contributed by atoms with Crippen LogP contribution in [0, 0.1) is 5.41 Å². The van der Waals surface area contributed by atoms with Crippen LogP contribution in [-0.2, 0) is 11.2 Å². The first-order chi connectivity index (χ1) is 14.1. The van der Waals surface area contributed by atoms with Crippen molar-refractivity contribution in [3.63, 3.8) is 0 Å². The van der Waals surface area contributed by atoms with Gasteiger partial charge in [-0.05, 0) is 52.4 Å². The van der Waals surface area contributed by atoms with E-state index in [1.54, 1.807) is 18.1 Å². The molecule has 0 bridgehead atoms. The third-order valence-corrected chi connectivity index (χ3v) is 5.80. The number of likely N-dealkylation sites (tertiary alicyclic amines) is 1. The zero-order valence-electron chi connectivity index (χ0n) is 16.2. The fourth-order valence-electron chi connectivity index (χ4n) is 4.21. The number of nitrogens with zero attached hydrogens (tertiary/aromatic N) is 6. The van der Waals surface area contributed by atoms with Gasteiger partial charge in [0.15, 0.2) is 0 Å². The second-order valence-corrected chi connectivity index (χ2v) is 7.90. The van der Waals surface area contributed by atoms with Crippen LogP contribution in [-0.4, -0.2) is 64.3 Å². The minimum Gasteiger partial charge on any atom is -0.497 e. The molecule has 0 saturated carbocycles. The van der Waals surface area contributed by atoms with E-state index in [9.17, 15) is 4.79 Å². The van der Waals surface area contributed by atoms with Gasteiger partial charge in [-0.1, -0.05) is 12.1 Å². The molecule has 1 aromatic heterocycles. The predicted molar refractivity (Wildman–Crippen MR) is 107 cm³/mol. The first-order valence-corrected chi connectivity index (χ1v) is 9.63. The van der Waals surface area contributed by atoms with Crippen molar-refractivity contribution < 1.29 is 9.53 Å². The standard InChI is InChI=1S/C21H22N6O2/c1-29-19-8-6-17(7-9-19)25-11-21(12-25)13-26(14-21)20(28)10-16-2-4-18(5-3-16)27-15-22-23-24-27/h2-9,15H,10-14H2,1H3. The van der Waals surface area contributed by atoms with Crippen LogP contribution in [0.4, 0.5) is 5.69 Å². The van der Waals surface area contributed by atoms with Crippen molar-refractivity contribution in [2.75, 3.05) is 38.2 Å². The number of hydrogen-bond donors (Lipinski definition) is 0. The van der Waals surface area contributed by atoms with Gasteiger partial charge in [0, 0.05) is 37.3 Å². The van der Waals surface area contributed by atoms with E-state index in [1.165, 1.54) is 5.69 Å². The molecule has 8 heteroatoms. The van der Waals surface area contributed by atoms with E-state index in [0.29, 0.717) is 6.42 Å². The number of benzene rings is 2. The summed E-state index contributed by atoms with van der Waals surface area (Å²) in [5.74, 6) is 1.06. The molecule has 1 spiro atoms. The normalized spacial score (nSPS) is 17.0. The topological polar surface area (TPSA) is 76.4 Å². The number of methoxy groups -OCH3 is 1. The summed E-state index contributed by atoms with van der Waals surface area (Å²) in [4.78, 5) is 17.0. The first-order valence-electron chi connectivity index (χ1n) is 9.63. The third kappa shape index (κ3) is 3.30. The molecule has 1 amide bonds. The van der Waals surface area contributed by atoms with Crippen LogP contribution < -0.4 is 9.64 Å². The van der Waals surface area contributed by atoms with Gasteiger partial charge in [0.1, 0.15) is 12.1 Å². The van der Waals surface area contributed by atoms with Crippen LogP contribution in [0.2, 0.25) is 0 Å². The van der Waals surface area contributed by atoms with E-state index in [0.717, 1.165) is 43.2 Å². The summed E-state index contributed by atoms with van der Waals surface area (Å²) in [5, 5.41) is 11.1. The van der Waals surface area contributed by atoms with E-state index in [1.807, 2.05) is 41.3 Å². The van der Waals surface area contributed by atoms with Gasteiger partial charge in [-0.15, -0.1) is 5.10 Å². The van der Waals surface area contributed by atoms with Crippen molar-refractivity contribution in [1.82, 2.24) is 25.1 Å². The fraction of sp³-hybridized carbons (Fsp3) is 0.333. The average molecular weight is 390 g/mol. The molecule has 0 atom stereocenters. The molecule has 3 aromatic rings. The van der Waals surface area contributed by atoms with Gasteiger partial charge in [0.25, 0.3) is 0 Å². The number of amides is 1. The second-order valence-electron chi connectivity index (χ2n) is 7.90. The van der Waals surface area contributed by atoms with E-state index in [2.05, 4.69) is 32.6 Å². The maximum absolute atomic E-state index is 12.6. The number of hydrogen-bond acceptors (Lipinski definition) is 6. The highest BCUT2D eigenvalue weighted by molar-refractivity contribution is 5.80. The van der Waals surface area contributed by atoms with Gasteiger partial charge in [-0.3, -0.25) is 4.79 Å². The Labute approximate surface area is 168 Å². The Kier molecular flexibility index (Phi) is 4.19. The number of rotatable bonds is 5. The maximum Gasteiger partial charge on any atom is 0.227 e. The third-order valence-electron chi connectivity index (χ3n) is 5.80. The second kappa shape index (κ2) is 6.88. The molecule has 29 heavy (non-hydrogen) atoms. The Hall–Kier alpha value is -3.42. The largest absolute Gasteiger partial charge is 0.497 e. The lowest BCUT2D eigenvalue weighted by atomic mass is 9.72. The van der Waals surface area contributed by atoms with E-state index >= 15 is 0 Å². The first kappa shape index (κ1) is 17.7. The van der Waals surface area contributed by atoms with E-state index < -0.39 is 0 Å². The Morgan fingerprint density at radius 3 is 2.31 bits per heavy atom. The zero-order chi connectivity index (χ0) is 19.8. The van der Waals surface area contributed by atoms with Crippen LogP contribution >= 0.6 is 0 Å². The number of carbonyl (C=O) groups excluding carboxylic acids is 1. The maximum atomic E-state index is 12.6. The van der Waals surface area contributed by atoms with Crippen molar-refractivity contribution >= 4 is 11.6 Å². The van der Waals surface area contributed by atoms with Crippen LogP contribution in [0.5, 0.6) is 5.75 Å². The smallest absolute Gasteiger partial charge is 0.227 e. The van der Waals surface area contributed by atoms with E-state index in [-0.39, 0.29) is 11.3 Å². The van der Waals surface area contributed by atoms with Crippen LogP contribution in [0.3, 0.4) is 0 Å². The summed E-state index contributed by atoms with van der Waals surface area (Å²) < 4.78 is 6.81. The van der Waals surface area contributed by atoms with Gasteiger partial charge < -0.3 is 14.5 Å². The highest BCUT2D eigenvalue weighted by Gasteiger charge is 2.53. The van der Waals surface area contributed by atoms with Gasteiger partial charge >= 0.3 is 0 Å². The molecule has 2 saturated heterocycles. The molecular weight excluding hydrogens is 368 g/mol. The van der Waals surface area contributed by atoms with Crippen LogP contribution in [0.15, 0.2) is 54.9 Å². The molecule has 148 valence electrons. The molecule has 2 fully saturated rings. The Bertz CT molecular complexity index is 987. The lowest BCUT2D eigenvalue weighted by molar-refractivity contribution is -0.144. The van der Waals surface area contributed by atoms with Gasteiger partial charge in [-0.2, -0.15) is 0 Å². The van der Waals surface area contributed by atoms with Crippen molar-refractivity contribution in [3.8, 4) is 11.4 Å². The summed E-state index contributed by atoms with van der Waals surface area (Å²) in [6.07, 6.45) is 1.97. The minimum absolute atomic E-state index is 0.189. The molecule has 2 aromatic carbocycles. The molecule has 0 N–H and O–H groups in total. The molecule has 2 aliphatic rings. The Balaban J connectivity index is 1.12. The average Bonchev–Trinajstić information content (AvgIpc) is 3.22. The number of aromatic nitrogens is 4. The summed E-state index contributed by atoms with van der Waals surface area (Å²) in [5.41, 5.74) is 3.35. The summed E-state index contributed by atoms with van der Waals surface area (Å²) in [6, 6.07) is 15.9. The number of anilines is 1. The van der Waals surface area contributed by atoms with Gasteiger partial charge in [-0.25, -0.2) is 4.68 Å². The van der Waals surface area contributed by atoms with Gasteiger partial charge in [0.05, 0.1) is 19.2 Å². The summed E-state index contributed by atoms with van der Waals surface area (Å²) in [7, 11) is 1.68. The molecule has 0 radical (unpaired) electrons. The molecule has 5 rings (SSSR count). The number of carbonyl (C=O) groups is 1. The fourth-order valence-corrected chi connectivity index (χ4v) is 4.21. The monoisotopic (exact) mass is 390 g/mol. The van der Waals surface area contributed by atoms with E-state index in [4.69, 9.17) is 4.74 Å². The lowest BCUT2D eigenvalue weighted by Gasteiger charge is -2.61. The molecular formula is C21H22N6O2. The summed E-state index contributed by atoms with van der Waals surface area (Å²) >= 11 is 0. The van der Waals surface area contributed by atoms with Crippen molar-refractivity contribution in [1.29, 1.82) is 0 Å².